The van der Waals surface area contributed by atoms with Crippen molar-refractivity contribution in [1.29, 1.82) is 0 Å². The van der Waals surface area contributed by atoms with Crippen molar-refractivity contribution in [2.75, 3.05) is 0 Å². The van der Waals surface area contributed by atoms with Gasteiger partial charge in [-0.05, 0) is 0 Å². The van der Waals surface area contributed by atoms with Crippen LogP contribution in [0, 0.1) is 0 Å². The molecule has 2 N–H and O–H groups in total. The molecule has 0 unspecified atom stereocenters. The van der Waals surface area contributed by atoms with Gasteiger partial charge in [-0.1, -0.05) is 0 Å². The number of nitrogens with one attached hydrogen (secondary N) is 2. The molecule has 0 spiro atoms. The number of amides is 2. The molecule has 37 heavy (non-hydrogen) atoms. The quantitative estimate of drug-likeness (QED) is 0.195. The zero-order valence-corrected chi connectivity index (χ0v) is 29.0. The summed E-state index contributed by atoms with van der Waals surface area (Å²) < 4.78 is 23.0. The Labute approximate surface area is 232 Å². The van der Waals surface area contributed by atoms with E-state index in [0.717, 1.165) is 69.1 Å². The molecule has 2 saturated heterocycles. The van der Waals surface area contributed by atoms with Crippen LogP contribution in [0.15, 0.2) is 0 Å². The molecule has 9 nitrogen and oxygen atoms in total. The standard InChI is InChI=1S/2C5H7NO3.4C4H9.O.2Sn/c2*7-4-2-1-3(6-4)5(8)9;4*1-3-4-2;;;/h2*3H,1-2H2,(H,6,7)(H,8,9);4*1,3-4H2,2H3;;;/q;;;;;;;2*+1/p-2/t2*3-;;;;;;;/m00......./s1. The Morgan fingerprint density at radius 3 is 1.24 bits per heavy atom. The second-order valence-electron chi connectivity index (χ2n) is 10.5. The van der Waals surface area contributed by atoms with Crippen LogP contribution in [0.25, 0.3) is 0 Å². The van der Waals surface area contributed by atoms with Crippen LogP contribution in [0.5, 0.6) is 0 Å². The first-order valence-corrected chi connectivity index (χ1v) is 27.2. The normalized spacial score (nSPS) is 20.0. The van der Waals surface area contributed by atoms with Gasteiger partial charge in [-0.2, -0.15) is 0 Å². The predicted octanol–water partition coefficient (Wildman–Crippen LogP) is 4.73. The fraction of sp³-hybridized carbons (Fsp3) is 0.846. The summed E-state index contributed by atoms with van der Waals surface area (Å²) in [6.07, 6.45) is 8.90. The summed E-state index contributed by atoms with van der Waals surface area (Å²) in [6.45, 7) is 8.46. The molecule has 2 aliphatic heterocycles. The third-order valence-corrected chi connectivity index (χ3v) is 39.5. The van der Waals surface area contributed by atoms with Gasteiger partial charge in [-0.3, -0.25) is 0 Å². The van der Waals surface area contributed by atoms with Crippen molar-refractivity contribution >= 4 is 62.2 Å². The van der Waals surface area contributed by atoms with E-state index in [0.29, 0.717) is 25.7 Å². The predicted molar refractivity (Wildman–Crippen MR) is 146 cm³/mol. The van der Waals surface area contributed by atoms with Gasteiger partial charge in [0.15, 0.2) is 0 Å². The zero-order chi connectivity index (χ0) is 27.3. The maximum atomic E-state index is 13.3. The third-order valence-electron chi connectivity index (χ3n) is 7.15. The topological polar surface area (TPSA) is 120 Å². The van der Waals surface area contributed by atoms with Gasteiger partial charge in [0.05, 0.1) is 0 Å². The first kappa shape index (κ1) is 32.6. The van der Waals surface area contributed by atoms with E-state index in [1.807, 2.05) is 0 Å². The van der Waals surface area contributed by atoms with Crippen LogP contribution in [0.1, 0.15) is 105 Å². The molecule has 212 valence electrons. The van der Waals surface area contributed by atoms with E-state index in [-0.39, 0.29) is 23.8 Å². The Bertz CT molecular complexity index is 702. The van der Waals surface area contributed by atoms with Gasteiger partial charge in [0.25, 0.3) is 0 Å². The molecular formula is C26H48N2O7Sn2. The van der Waals surface area contributed by atoms with Gasteiger partial charge in [-0.15, -0.1) is 0 Å². The molecule has 2 fully saturated rings. The second-order valence-corrected chi connectivity index (χ2v) is 32.3. The van der Waals surface area contributed by atoms with Crippen molar-refractivity contribution in [1.82, 2.24) is 10.6 Å². The third kappa shape index (κ3) is 10.5. The van der Waals surface area contributed by atoms with E-state index in [1.165, 1.54) is 0 Å². The van der Waals surface area contributed by atoms with Crippen molar-refractivity contribution in [3.05, 3.63) is 0 Å². The molecule has 2 amide bonds. The Morgan fingerprint density at radius 2 is 1.00 bits per heavy atom. The van der Waals surface area contributed by atoms with Crippen LogP contribution in [-0.2, 0) is 26.7 Å². The Balaban J connectivity index is 2.42. The monoisotopic (exact) mass is 740 g/mol. The van der Waals surface area contributed by atoms with Crippen LogP contribution in [0.2, 0.25) is 17.7 Å². The number of carbonyl (C=O) groups excluding carboxylic acids is 4. The first-order valence-electron chi connectivity index (χ1n) is 14.5. The SMILES string of the molecule is CCC[CH2][Sn]([CH2]CCC)([O]C(=O)[C@@H]1CCC(=O)N1)[O][Sn]([CH2]CCC)([CH2]CCC)[O]C(=O)[C@@H]1CCC(=O)N1. The van der Waals surface area contributed by atoms with Crippen molar-refractivity contribution < 1.29 is 26.7 Å². The number of hydrogen-bond acceptors (Lipinski definition) is 7. The molecule has 0 saturated carbocycles. The van der Waals surface area contributed by atoms with Crippen molar-refractivity contribution in [3.63, 3.8) is 0 Å². The Kier molecular flexibility index (Phi) is 14.6. The van der Waals surface area contributed by atoms with Crippen LogP contribution in [0.3, 0.4) is 0 Å². The molecule has 0 aliphatic carbocycles. The summed E-state index contributed by atoms with van der Waals surface area (Å²) >= 11 is -8.21. The molecule has 2 rings (SSSR count). The molecule has 2 aliphatic rings. The first-order chi connectivity index (χ1) is 17.7. The summed E-state index contributed by atoms with van der Waals surface area (Å²) in [4.78, 5) is 50.2. The van der Waals surface area contributed by atoms with Crippen molar-refractivity contribution in [2.24, 2.45) is 0 Å². The zero-order valence-electron chi connectivity index (χ0n) is 23.3. The van der Waals surface area contributed by atoms with E-state index < -0.39 is 50.5 Å². The number of rotatable bonds is 18. The number of hydrogen-bond donors (Lipinski definition) is 2. The second kappa shape index (κ2) is 16.5. The van der Waals surface area contributed by atoms with E-state index in [9.17, 15) is 19.2 Å². The van der Waals surface area contributed by atoms with Crippen molar-refractivity contribution in [3.8, 4) is 0 Å². The molecular weight excluding hydrogens is 690 g/mol. The molecule has 11 heteroatoms. The minimum atomic E-state index is -4.11. The molecule has 2 atom stereocenters. The number of unbranched alkanes of at least 4 members (excludes halogenated alkanes) is 4. The van der Waals surface area contributed by atoms with Gasteiger partial charge in [0.1, 0.15) is 0 Å². The molecule has 0 aromatic rings. The van der Waals surface area contributed by atoms with Gasteiger partial charge < -0.3 is 0 Å². The molecule has 0 bridgehead atoms. The fourth-order valence-corrected chi connectivity index (χ4v) is 46.3. The summed E-state index contributed by atoms with van der Waals surface area (Å²) in [6, 6.07) is -1.25. The molecule has 0 aromatic heterocycles. The van der Waals surface area contributed by atoms with Crippen LogP contribution >= 0.6 is 0 Å². The molecule has 0 radical (unpaired) electrons. The van der Waals surface area contributed by atoms with E-state index >= 15 is 0 Å². The van der Waals surface area contributed by atoms with Crippen molar-refractivity contribution in [2.45, 2.75) is 135 Å². The Hall–Kier alpha value is -0.563. The van der Waals surface area contributed by atoms with Gasteiger partial charge in [-0.25, -0.2) is 0 Å². The van der Waals surface area contributed by atoms with E-state index in [4.69, 9.17) is 7.56 Å². The average Bonchev–Trinajstić information content (AvgIpc) is 3.52. The summed E-state index contributed by atoms with van der Waals surface area (Å²) in [5.74, 6) is -1.01. The maximum absolute atomic E-state index is 13.3. The minimum absolute atomic E-state index is 0.127. The van der Waals surface area contributed by atoms with Crippen LogP contribution < -0.4 is 10.6 Å². The van der Waals surface area contributed by atoms with Gasteiger partial charge in [0, 0.05) is 0 Å². The van der Waals surface area contributed by atoms with Crippen LogP contribution in [-0.4, -0.2) is 74.2 Å². The van der Waals surface area contributed by atoms with Crippen LogP contribution in [0.4, 0.5) is 0 Å². The average molecular weight is 738 g/mol. The van der Waals surface area contributed by atoms with Gasteiger partial charge in [0.2, 0.25) is 0 Å². The molecule has 2 heterocycles. The number of carbonyl (C=O) groups is 4. The summed E-state index contributed by atoms with van der Waals surface area (Å²) in [5.41, 5.74) is 0. The van der Waals surface area contributed by atoms with E-state index in [2.05, 4.69) is 38.3 Å². The summed E-state index contributed by atoms with van der Waals surface area (Å²) in [7, 11) is 0. The molecule has 0 aromatic carbocycles. The summed E-state index contributed by atoms with van der Waals surface area (Å²) in [5, 5.41) is 5.50. The van der Waals surface area contributed by atoms with Gasteiger partial charge >= 0.3 is 234 Å². The van der Waals surface area contributed by atoms with E-state index in [1.54, 1.807) is 0 Å². The Morgan fingerprint density at radius 1 is 0.676 bits per heavy atom. The fourth-order valence-electron chi connectivity index (χ4n) is 4.91.